The zero-order valence-corrected chi connectivity index (χ0v) is 11.8. The number of hydrogen-bond donors (Lipinski definition) is 3. The number of urea groups is 1. The lowest BCUT2D eigenvalue weighted by Gasteiger charge is -2.21. The zero-order valence-electron chi connectivity index (χ0n) is 11.8. The quantitative estimate of drug-likeness (QED) is 0.766. The first-order valence-electron chi connectivity index (χ1n) is 6.30. The zero-order chi connectivity index (χ0) is 14.6. The van der Waals surface area contributed by atoms with Crippen LogP contribution in [0, 0.1) is 12.8 Å². The molecule has 19 heavy (non-hydrogen) atoms. The lowest BCUT2D eigenvalue weighted by Crippen LogP contribution is -2.34. The summed E-state index contributed by atoms with van der Waals surface area (Å²) >= 11 is 0. The summed E-state index contributed by atoms with van der Waals surface area (Å²) in [6, 6.07) is 1.31. The van der Waals surface area contributed by atoms with Gasteiger partial charge in [-0.2, -0.15) is 0 Å². The van der Waals surface area contributed by atoms with E-state index in [0.717, 1.165) is 6.42 Å². The van der Waals surface area contributed by atoms with Crippen LogP contribution >= 0.6 is 0 Å². The molecule has 6 heteroatoms. The molecule has 0 bridgehead atoms. The molecule has 1 aromatic rings. The number of rotatable bonds is 5. The molecule has 106 valence electrons. The lowest BCUT2D eigenvalue weighted by molar-refractivity contribution is 0.0692. The number of carbonyl (C=O) groups excluding carboxylic acids is 1. The van der Waals surface area contributed by atoms with Crippen molar-refractivity contribution in [1.29, 1.82) is 0 Å². The number of nitrogens with one attached hydrogen (secondary N) is 2. The Balaban J connectivity index is 2.74. The summed E-state index contributed by atoms with van der Waals surface area (Å²) in [4.78, 5) is 27.2. The number of hydrogen-bond acceptors (Lipinski definition) is 2. The molecule has 1 aromatic heterocycles. The Hall–Kier alpha value is -1.98. The minimum atomic E-state index is -1.09. The van der Waals surface area contributed by atoms with E-state index in [-0.39, 0.29) is 11.7 Å². The van der Waals surface area contributed by atoms with E-state index >= 15 is 0 Å². The van der Waals surface area contributed by atoms with Crippen molar-refractivity contribution in [2.45, 2.75) is 27.2 Å². The number of aryl methyl sites for hydroxylation is 1. The second-order valence-corrected chi connectivity index (χ2v) is 4.87. The smallest absolute Gasteiger partial charge is 0.354 e. The number of aromatic amines is 1. The average Bonchev–Trinajstić information content (AvgIpc) is 2.70. The molecule has 0 aromatic carbocycles. The Morgan fingerprint density at radius 1 is 1.53 bits per heavy atom. The normalized spacial score (nSPS) is 12.0. The van der Waals surface area contributed by atoms with Crippen LogP contribution in [0.3, 0.4) is 0 Å². The van der Waals surface area contributed by atoms with Gasteiger partial charge in [0.1, 0.15) is 5.69 Å². The van der Waals surface area contributed by atoms with E-state index in [2.05, 4.69) is 24.1 Å². The number of anilines is 1. The van der Waals surface area contributed by atoms with Crippen LogP contribution in [0.1, 0.15) is 36.5 Å². The number of carbonyl (C=O) groups is 2. The fourth-order valence-electron chi connectivity index (χ4n) is 1.75. The molecule has 0 radical (unpaired) electrons. The predicted octanol–water partition coefficient (Wildman–Crippen LogP) is 2.53. The van der Waals surface area contributed by atoms with Gasteiger partial charge in [-0.1, -0.05) is 20.3 Å². The van der Waals surface area contributed by atoms with Crippen molar-refractivity contribution < 1.29 is 14.7 Å². The number of H-pyrrole nitrogens is 1. The Kier molecular flexibility index (Phi) is 4.97. The van der Waals surface area contributed by atoms with E-state index in [1.54, 1.807) is 24.9 Å². The van der Waals surface area contributed by atoms with Gasteiger partial charge in [0, 0.05) is 19.3 Å². The van der Waals surface area contributed by atoms with E-state index in [4.69, 9.17) is 5.11 Å². The Morgan fingerprint density at radius 2 is 2.16 bits per heavy atom. The largest absolute Gasteiger partial charge is 0.477 e. The Labute approximate surface area is 112 Å². The highest BCUT2D eigenvalue weighted by atomic mass is 16.4. The number of carboxylic acid groups (broad SMARTS) is 1. The summed E-state index contributed by atoms with van der Waals surface area (Å²) in [5.74, 6) is -0.685. The van der Waals surface area contributed by atoms with Crippen LogP contribution in [0.25, 0.3) is 0 Å². The maximum Gasteiger partial charge on any atom is 0.354 e. The molecule has 0 spiro atoms. The number of carboxylic acids is 1. The van der Waals surface area contributed by atoms with Crippen LogP contribution in [0.2, 0.25) is 0 Å². The van der Waals surface area contributed by atoms with Crippen LogP contribution < -0.4 is 5.32 Å². The average molecular weight is 267 g/mol. The molecule has 2 amide bonds. The molecule has 0 aliphatic rings. The van der Waals surface area contributed by atoms with Crippen molar-refractivity contribution in [2.75, 3.05) is 18.9 Å². The lowest BCUT2D eigenvalue weighted by atomic mass is 10.1. The molecule has 1 rings (SSSR count). The van der Waals surface area contributed by atoms with Crippen molar-refractivity contribution in [3.63, 3.8) is 0 Å². The van der Waals surface area contributed by atoms with Gasteiger partial charge in [0.15, 0.2) is 0 Å². The second-order valence-electron chi connectivity index (χ2n) is 4.87. The first kappa shape index (κ1) is 15.1. The van der Waals surface area contributed by atoms with Crippen molar-refractivity contribution in [1.82, 2.24) is 9.88 Å². The highest BCUT2D eigenvalue weighted by Crippen LogP contribution is 2.17. The SMILES string of the molecule is CCC(C)CN(C)C(=O)Nc1cc(C)[nH]c1C(=O)O. The summed E-state index contributed by atoms with van der Waals surface area (Å²) < 4.78 is 0. The van der Waals surface area contributed by atoms with Crippen LogP contribution in [0.4, 0.5) is 10.5 Å². The van der Waals surface area contributed by atoms with Crippen LogP contribution in [0.5, 0.6) is 0 Å². The van der Waals surface area contributed by atoms with Crippen molar-refractivity contribution >= 4 is 17.7 Å². The van der Waals surface area contributed by atoms with Gasteiger partial charge >= 0.3 is 12.0 Å². The Bertz CT molecular complexity index is 468. The summed E-state index contributed by atoms with van der Waals surface area (Å²) in [5.41, 5.74) is 0.992. The molecule has 1 unspecified atom stereocenters. The molecule has 0 fully saturated rings. The topological polar surface area (TPSA) is 85.4 Å². The van der Waals surface area contributed by atoms with Gasteiger partial charge < -0.3 is 20.3 Å². The summed E-state index contributed by atoms with van der Waals surface area (Å²) in [6.45, 7) is 6.50. The third-order valence-electron chi connectivity index (χ3n) is 3.04. The Morgan fingerprint density at radius 3 is 2.68 bits per heavy atom. The molecular formula is C13H21N3O3. The highest BCUT2D eigenvalue weighted by Gasteiger charge is 2.17. The molecule has 1 heterocycles. The van der Waals surface area contributed by atoms with Crippen molar-refractivity contribution in [3.8, 4) is 0 Å². The minimum Gasteiger partial charge on any atom is -0.477 e. The first-order chi connectivity index (χ1) is 8.85. The number of amides is 2. The number of aromatic carboxylic acids is 1. The maximum atomic E-state index is 12.0. The van der Waals surface area contributed by atoms with Crippen molar-refractivity contribution in [3.05, 3.63) is 17.5 Å². The maximum absolute atomic E-state index is 12.0. The molecule has 0 aliphatic heterocycles. The number of aromatic nitrogens is 1. The van der Waals surface area contributed by atoms with Crippen molar-refractivity contribution in [2.24, 2.45) is 5.92 Å². The van der Waals surface area contributed by atoms with Gasteiger partial charge in [-0.3, -0.25) is 0 Å². The summed E-state index contributed by atoms with van der Waals surface area (Å²) in [7, 11) is 1.70. The van der Waals surface area contributed by atoms with Crippen LogP contribution in [-0.4, -0.2) is 40.6 Å². The molecule has 0 aliphatic carbocycles. The molecule has 0 saturated heterocycles. The second kappa shape index (κ2) is 6.26. The van der Waals surface area contributed by atoms with E-state index in [1.807, 2.05) is 0 Å². The highest BCUT2D eigenvalue weighted by molar-refractivity contribution is 5.99. The predicted molar refractivity (Wildman–Crippen MR) is 73.6 cm³/mol. The third-order valence-corrected chi connectivity index (χ3v) is 3.04. The first-order valence-corrected chi connectivity index (χ1v) is 6.30. The fourth-order valence-corrected chi connectivity index (χ4v) is 1.75. The molecule has 0 saturated carbocycles. The van der Waals surface area contributed by atoms with Gasteiger partial charge in [-0.05, 0) is 18.9 Å². The van der Waals surface area contributed by atoms with Crippen LogP contribution in [-0.2, 0) is 0 Å². The molecular weight excluding hydrogens is 246 g/mol. The summed E-state index contributed by atoms with van der Waals surface area (Å²) in [6.07, 6.45) is 0.987. The molecule has 6 nitrogen and oxygen atoms in total. The summed E-state index contributed by atoms with van der Waals surface area (Å²) in [5, 5.41) is 11.6. The van der Waals surface area contributed by atoms with E-state index in [0.29, 0.717) is 23.8 Å². The van der Waals surface area contributed by atoms with E-state index in [1.165, 1.54) is 0 Å². The van der Waals surface area contributed by atoms with Gasteiger partial charge in [-0.15, -0.1) is 0 Å². The fraction of sp³-hybridized carbons (Fsp3) is 0.538. The van der Waals surface area contributed by atoms with E-state index in [9.17, 15) is 9.59 Å². The van der Waals surface area contributed by atoms with Gasteiger partial charge in [0.05, 0.1) is 5.69 Å². The van der Waals surface area contributed by atoms with Gasteiger partial charge in [0.2, 0.25) is 0 Å². The van der Waals surface area contributed by atoms with Crippen LogP contribution in [0.15, 0.2) is 6.07 Å². The molecule has 3 N–H and O–H groups in total. The third kappa shape index (κ3) is 4.01. The van der Waals surface area contributed by atoms with Gasteiger partial charge in [0.25, 0.3) is 0 Å². The minimum absolute atomic E-state index is 0.00258. The number of nitrogens with zero attached hydrogens (tertiary/aromatic N) is 1. The standard InChI is InChI=1S/C13H21N3O3/c1-5-8(2)7-16(4)13(19)15-10-6-9(3)14-11(10)12(17)18/h6,8,14H,5,7H2,1-4H3,(H,15,19)(H,17,18). The van der Waals surface area contributed by atoms with E-state index < -0.39 is 5.97 Å². The van der Waals surface area contributed by atoms with Gasteiger partial charge in [-0.25, -0.2) is 9.59 Å². The monoisotopic (exact) mass is 267 g/mol. The molecule has 1 atom stereocenters.